The van der Waals surface area contributed by atoms with Crippen molar-refractivity contribution < 1.29 is 18.0 Å². The average molecular weight is 318 g/mol. The Morgan fingerprint density at radius 3 is 2.09 bits per heavy atom. The number of nitrogens with one attached hydrogen (secondary N) is 1. The second-order valence-corrected chi connectivity index (χ2v) is 5.23. The van der Waals surface area contributed by atoms with Gasteiger partial charge in [-0.1, -0.05) is 60.7 Å². The van der Waals surface area contributed by atoms with Gasteiger partial charge in [-0.3, -0.25) is 10.2 Å². The molecule has 0 amide bonds. The van der Waals surface area contributed by atoms with E-state index in [1.807, 2.05) is 0 Å². The zero-order valence-corrected chi connectivity index (χ0v) is 11.9. The number of nitrogens with zero attached hydrogens (tertiary/aromatic N) is 1. The third-order valence-corrected chi connectivity index (χ3v) is 3.73. The number of alkyl halides is 3. The smallest absolute Gasteiger partial charge is 0.296 e. The molecule has 0 saturated carbocycles. The molecule has 6 heteroatoms. The number of hydrogen-bond acceptors (Lipinski definition) is 3. The Kier molecular flexibility index (Phi) is 3.90. The molecule has 0 fully saturated rings. The van der Waals surface area contributed by atoms with Gasteiger partial charge in [-0.05, 0) is 5.56 Å². The molecule has 0 spiro atoms. The van der Waals surface area contributed by atoms with Gasteiger partial charge in [0.2, 0.25) is 5.78 Å². The number of rotatable bonds is 3. The van der Waals surface area contributed by atoms with Crippen molar-refractivity contribution in [2.45, 2.75) is 18.1 Å². The minimum absolute atomic E-state index is 0.121. The van der Waals surface area contributed by atoms with E-state index in [1.165, 1.54) is 0 Å². The van der Waals surface area contributed by atoms with Gasteiger partial charge < -0.3 is 0 Å². The van der Waals surface area contributed by atoms with Gasteiger partial charge in [0.15, 0.2) is 6.04 Å². The van der Waals surface area contributed by atoms with Crippen LogP contribution in [0.5, 0.6) is 0 Å². The zero-order valence-electron chi connectivity index (χ0n) is 11.9. The molecule has 2 aromatic carbocycles. The average Bonchev–Trinajstić information content (AvgIpc) is 3.01. The van der Waals surface area contributed by atoms with Gasteiger partial charge in [0, 0.05) is 5.56 Å². The van der Waals surface area contributed by atoms with E-state index in [0.29, 0.717) is 11.1 Å². The van der Waals surface area contributed by atoms with Gasteiger partial charge in [0.1, 0.15) is 5.71 Å². The summed E-state index contributed by atoms with van der Waals surface area (Å²) in [6, 6.07) is 14.4. The topological polar surface area (TPSA) is 41.5 Å². The molecule has 0 aromatic heterocycles. The quantitative estimate of drug-likeness (QED) is 0.880. The van der Waals surface area contributed by atoms with Gasteiger partial charge in [-0.15, -0.1) is 0 Å². The van der Waals surface area contributed by atoms with Crippen LogP contribution in [0.3, 0.4) is 0 Å². The highest BCUT2D eigenvalue weighted by atomic mass is 19.4. The number of carbonyl (C=O) groups is 1. The normalized spacial score (nSPS) is 20.7. The first kappa shape index (κ1) is 15.3. The number of Topliss-reactive ketones (excluding diaryl/α,β-unsaturated/α-hetero) is 1. The highest BCUT2D eigenvalue weighted by Crippen LogP contribution is 2.36. The van der Waals surface area contributed by atoms with Crippen LogP contribution in [0.25, 0.3) is 0 Å². The summed E-state index contributed by atoms with van der Waals surface area (Å²) >= 11 is 0. The number of halogens is 3. The van der Waals surface area contributed by atoms with Gasteiger partial charge in [0.05, 0.1) is 5.92 Å². The first-order chi connectivity index (χ1) is 11.0. The fourth-order valence-corrected chi connectivity index (χ4v) is 2.64. The summed E-state index contributed by atoms with van der Waals surface area (Å²) in [5.41, 5.74) is 2.69. The Bertz CT molecular complexity index is 727. The van der Waals surface area contributed by atoms with Crippen LogP contribution >= 0.6 is 0 Å². The second-order valence-electron chi connectivity index (χ2n) is 5.23. The molecule has 2 atom stereocenters. The summed E-state index contributed by atoms with van der Waals surface area (Å²) in [6.07, 6.45) is -4.51. The Morgan fingerprint density at radius 1 is 0.957 bits per heavy atom. The van der Waals surface area contributed by atoms with Crippen molar-refractivity contribution in [3.05, 3.63) is 71.8 Å². The lowest BCUT2D eigenvalue weighted by molar-refractivity contribution is -0.155. The first-order valence-corrected chi connectivity index (χ1v) is 7.03. The molecular weight excluding hydrogens is 305 g/mol. The Morgan fingerprint density at radius 2 is 1.52 bits per heavy atom. The minimum atomic E-state index is -4.51. The maximum atomic E-state index is 13.3. The van der Waals surface area contributed by atoms with Crippen molar-refractivity contribution in [1.29, 1.82) is 0 Å². The van der Waals surface area contributed by atoms with E-state index in [0.717, 1.165) is 0 Å². The first-order valence-electron chi connectivity index (χ1n) is 7.03. The predicted octanol–water partition coefficient (Wildman–Crippen LogP) is 3.54. The lowest BCUT2D eigenvalue weighted by atomic mass is 9.85. The Balaban J connectivity index is 2.01. The van der Waals surface area contributed by atoms with Gasteiger partial charge in [0.25, 0.3) is 0 Å². The third-order valence-electron chi connectivity index (χ3n) is 3.73. The zero-order chi connectivity index (χ0) is 16.4. The molecule has 3 nitrogen and oxygen atoms in total. The maximum Gasteiger partial charge on any atom is 0.411 e. The molecule has 23 heavy (non-hydrogen) atoms. The van der Waals surface area contributed by atoms with Crippen LogP contribution in [0.2, 0.25) is 0 Å². The predicted molar refractivity (Wildman–Crippen MR) is 80.4 cm³/mol. The van der Waals surface area contributed by atoms with Crippen molar-refractivity contribution in [3.8, 4) is 0 Å². The molecule has 0 radical (unpaired) electrons. The van der Waals surface area contributed by atoms with Crippen molar-refractivity contribution >= 4 is 11.5 Å². The molecular formula is C17H13F3N2O. The summed E-state index contributed by atoms with van der Waals surface area (Å²) in [4.78, 5) is 12.6. The summed E-state index contributed by atoms with van der Waals surface area (Å²) in [7, 11) is 0. The summed E-state index contributed by atoms with van der Waals surface area (Å²) in [5, 5.41) is 3.71. The highest BCUT2D eigenvalue weighted by molar-refractivity contribution is 6.48. The van der Waals surface area contributed by atoms with Crippen LogP contribution < -0.4 is 5.43 Å². The molecule has 0 saturated heterocycles. The van der Waals surface area contributed by atoms with E-state index in [2.05, 4.69) is 10.5 Å². The third kappa shape index (κ3) is 2.97. The standard InChI is InChI=1S/C17H13F3N2O/c18-17(19,20)16-13(11-7-3-1-4-8-11)14(21-22-16)15(23)12-9-5-2-6-10-12/h1-10,13,16,22H/t13-,16-/m1/s1. The van der Waals surface area contributed by atoms with Crippen molar-refractivity contribution in [2.24, 2.45) is 5.10 Å². The Labute approximate surface area is 130 Å². The van der Waals surface area contributed by atoms with Crippen LogP contribution in [-0.4, -0.2) is 23.7 Å². The van der Waals surface area contributed by atoms with Gasteiger partial charge in [-0.25, -0.2) is 0 Å². The molecule has 3 rings (SSSR count). The van der Waals surface area contributed by atoms with Gasteiger partial charge in [-0.2, -0.15) is 18.3 Å². The van der Waals surface area contributed by atoms with Crippen molar-refractivity contribution in [2.75, 3.05) is 0 Å². The minimum Gasteiger partial charge on any atom is -0.296 e. The van der Waals surface area contributed by atoms with Crippen LogP contribution in [0.4, 0.5) is 13.2 Å². The highest BCUT2D eigenvalue weighted by Gasteiger charge is 2.51. The molecule has 118 valence electrons. The Hall–Kier alpha value is -2.63. The monoisotopic (exact) mass is 318 g/mol. The van der Waals surface area contributed by atoms with Crippen LogP contribution in [0, 0.1) is 0 Å². The van der Waals surface area contributed by atoms with Gasteiger partial charge >= 0.3 is 6.18 Å². The molecule has 0 unspecified atom stereocenters. The van der Waals surface area contributed by atoms with Crippen LogP contribution in [0.1, 0.15) is 21.8 Å². The van der Waals surface area contributed by atoms with E-state index < -0.39 is 23.9 Å². The number of benzene rings is 2. The number of ketones is 1. The molecule has 1 heterocycles. The van der Waals surface area contributed by atoms with E-state index in [1.54, 1.807) is 60.7 Å². The number of carbonyl (C=O) groups excluding carboxylic acids is 1. The van der Waals surface area contributed by atoms with Crippen LogP contribution in [-0.2, 0) is 0 Å². The molecule has 1 aliphatic rings. The maximum absolute atomic E-state index is 13.3. The van der Waals surface area contributed by atoms with E-state index in [9.17, 15) is 18.0 Å². The second kappa shape index (κ2) is 5.87. The number of hydrazone groups is 1. The lowest BCUT2D eigenvalue weighted by Gasteiger charge is -2.23. The van der Waals surface area contributed by atoms with E-state index in [-0.39, 0.29) is 5.71 Å². The summed E-state index contributed by atoms with van der Waals surface area (Å²) < 4.78 is 39.9. The summed E-state index contributed by atoms with van der Waals surface area (Å²) in [6.45, 7) is 0. The molecule has 0 aliphatic carbocycles. The summed E-state index contributed by atoms with van der Waals surface area (Å²) in [5.74, 6) is -1.66. The molecule has 0 bridgehead atoms. The van der Waals surface area contributed by atoms with E-state index in [4.69, 9.17) is 0 Å². The van der Waals surface area contributed by atoms with Crippen molar-refractivity contribution in [3.63, 3.8) is 0 Å². The lowest BCUT2D eigenvalue weighted by Crippen LogP contribution is -2.42. The fourth-order valence-electron chi connectivity index (χ4n) is 2.64. The molecule has 2 aromatic rings. The SMILES string of the molecule is O=C(C1=NN[C@@H](C(F)(F)F)[C@@H]1c1ccccc1)c1ccccc1. The largest absolute Gasteiger partial charge is 0.411 e. The van der Waals surface area contributed by atoms with Crippen LogP contribution in [0.15, 0.2) is 65.8 Å². The number of hydrogen-bond donors (Lipinski definition) is 1. The molecule has 1 aliphatic heterocycles. The van der Waals surface area contributed by atoms with Crippen molar-refractivity contribution in [1.82, 2.24) is 5.43 Å². The molecule has 1 N–H and O–H groups in total. The van der Waals surface area contributed by atoms with E-state index >= 15 is 0 Å². The fraction of sp³-hybridized carbons (Fsp3) is 0.176.